The summed E-state index contributed by atoms with van der Waals surface area (Å²) in [6.45, 7) is 2.76. The van der Waals surface area contributed by atoms with Crippen LogP contribution in [-0.4, -0.2) is 36.2 Å². The van der Waals surface area contributed by atoms with Crippen LogP contribution >= 0.6 is 35.0 Å². The number of nitrogens with zero attached hydrogens (tertiary/aromatic N) is 1. The highest BCUT2D eigenvalue weighted by Gasteiger charge is 2.25. The lowest BCUT2D eigenvalue weighted by atomic mass is 9.96. The van der Waals surface area contributed by atoms with Crippen molar-refractivity contribution in [2.45, 2.75) is 25.1 Å². The minimum atomic E-state index is -0.182. The number of carbonyl (C=O) groups excluding carboxylic acids is 1. The van der Waals surface area contributed by atoms with Gasteiger partial charge in [-0.2, -0.15) is 11.8 Å². The third-order valence-electron chi connectivity index (χ3n) is 5.03. The predicted octanol–water partition coefficient (Wildman–Crippen LogP) is 5.39. The Morgan fingerprint density at radius 3 is 2.83 bits per heavy atom. The summed E-state index contributed by atoms with van der Waals surface area (Å²) in [5.74, 6) is 1.54. The number of thioether (sulfide) groups is 1. The molecule has 1 fully saturated rings. The van der Waals surface area contributed by atoms with Crippen LogP contribution < -0.4 is 5.32 Å². The molecule has 0 bridgehead atoms. The molecule has 2 aromatic rings. The number of benzene rings is 2. The molecular formula is C22H25Cl2FN2OS. The van der Waals surface area contributed by atoms with Gasteiger partial charge in [0.05, 0.1) is 16.0 Å². The predicted molar refractivity (Wildman–Crippen MR) is 120 cm³/mol. The molecule has 7 heteroatoms. The highest BCUT2D eigenvalue weighted by molar-refractivity contribution is 7.98. The van der Waals surface area contributed by atoms with Crippen LogP contribution in [0.15, 0.2) is 42.5 Å². The molecule has 1 saturated heterocycles. The number of halogens is 3. The zero-order chi connectivity index (χ0) is 20.6. The molecule has 1 amide bonds. The maximum Gasteiger partial charge on any atom is 0.224 e. The number of nitrogens with one attached hydrogen (secondary N) is 1. The molecule has 0 radical (unpaired) electrons. The first kappa shape index (κ1) is 22.4. The smallest absolute Gasteiger partial charge is 0.224 e. The van der Waals surface area contributed by atoms with Crippen molar-refractivity contribution in [1.29, 1.82) is 0 Å². The fourth-order valence-corrected chi connectivity index (χ4v) is 4.62. The van der Waals surface area contributed by atoms with Gasteiger partial charge in [0.25, 0.3) is 0 Å². The van der Waals surface area contributed by atoms with Crippen molar-refractivity contribution in [3.8, 4) is 0 Å². The van der Waals surface area contributed by atoms with Crippen molar-refractivity contribution in [1.82, 2.24) is 10.2 Å². The van der Waals surface area contributed by atoms with E-state index >= 15 is 0 Å². The standard InChI is InChI=1S/C22H25Cl2FN2OS/c23-19-8-7-16(12-20(19)24)15-29-11-9-26-22(28)18-5-3-10-27(14-18)13-17-4-1-2-6-21(17)25/h1-2,4,6-8,12,18H,3,5,9-11,13-15H2,(H,26,28). The lowest BCUT2D eigenvalue weighted by Crippen LogP contribution is -2.43. The summed E-state index contributed by atoms with van der Waals surface area (Å²) in [5.41, 5.74) is 1.80. The third kappa shape index (κ3) is 6.88. The molecule has 1 N–H and O–H groups in total. The van der Waals surface area contributed by atoms with Gasteiger partial charge in [-0.15, -0.1) is 0 Å². The Labute approximate surface area is 185 Å². The summed E-state index contributed by atoms with van der Waals surface area (Å²) in [6.07, 6.45) is 1.84. The molecule has 1 unspecified atom stereocenters. The molecule has 0 saturated carbocycles. The number of hydrogen-bond acceptors (Lipinski definition) is 3. The summed E-state index contributed by atoms with van der Waals surface area (Å²) in [5, 5.41) is 4.17. The molecular weight excluding hydrogens is 430 g/mol. The Hall–Kier alpha value is -1.27. The van der Waals surface area contributed by atoms with Crippen LogP contribution in [0.3, 0.4) is 0 Å². The Morgan fingerprint density at radius 1 is 1.21 bits per heavy atom. The second kappa shape index (κ2) is 11.2. The summed E-state index contributed by atoms with van der Waals surface area (Å²) < 4.78 is 13.9. The topological polar surface area (TPSA) is 32.3 Å². The van der Waals surface area contributed by atoms with Crippen molar-refractivity contribution in [2.24, 2.45) is 5.92 Å². The minimum absolute atomic E-state index is 0.0319. The van der Waals surface area contributed by atoms with E-state index in [2.05, 4.69) is 10.2 Å². The molecule has 3 nitrogen and oxygen atoms in total. The van der Waals surface area contributed by atoms with Crippen LogP contribution in [0, 0.1) is 11.7 Å². The molecule has 0 aromatic heterocycles. The van der Waals surface area contributed by atoms with E-state index in [1.54, 1.807) is 23.9 Å². The van der Waals surface area contributed by atoms with Crippen LogP contribution in [0.25, 0.3) is 0 Å². The number of hydrogen-bond donors (Lipinski definition) is 1. The van der Waals surface area contributed by atoms with Gasteiger partial charge in [0.1, 0.15) is 5.82 Å². The Kier molecular flexibility index (Phi) is 8.67. The van der Waals surface area contributed by atoms with Crippen LogP contribution in [-0.2, 0) is 17.1 Å². The fourth-order valence-electron chi connectivity index (χ4n) is 3.49. The van der Waals surface area contributed by atoms with E-state index in [0.717, 1.165) is 36.5 Å². The van der Waals surface area contributed by atoms with E-state index in [-0.39, 0.29) is 17.6 Å². The van der Waals surface area contributed by atoms with Gasteiger partial charge in [-0.1, -0.05) is 47.5 Å². The van der Waals surface area contributed by atoms with Gasteiger partial charge < -0.3 is 5.32 Å². The molecule has 1 aliphatic heterocycles. The Balaban J connectivity index is 1.37. The van der Waals surface area contributed by atoms with E-state index in [9.17, 15) is 9.18 Å². The summed E-state index contributed by atoms with van der Waals surface area (Å²) in [7, 11) is 0. The molecule has 1 atom stereocenters. The minimum Gasteiger partial charge on any atom is -0.355 e. The average Bonchev–Trinajstić information content (AvgIpc) is 2.72. The maximum atomic E-state index is 13.9. The Bertz CT molecular complexity index is 836. The van der Waals surface area contributed by atoms with Gasteiger partial charge in [-0.3, -0.25) is 9.69 Å². The molecule has 1 aliphatic rings. The maximum absolute atomic E-state index is 13.9. The van der Waals surface area contributed by atoms with E-state index in [4.69, 9.17) is 23.2 Å². The zero-order valence-electron chi connectivity index (χ0n) is 16.2. The van der Waals surface area contributed by atoms with Crippen LogP contribution in [0.2, 0.25) is 10.0 Å². The Morgan fingerprint density at radius 2 is 2.03 bits per heavy atom. The largest absolute Gasteiger partial charge is 0.355 e. The molecule has 0 spiro atoms. The fraction of sp³-hybridized carbons (Fsp3) is 0.409. The average molecular weight is 455 g/mol. The number of amides is 1. The van der Waals surface area contributed by atoms with Crippen molar-refractivity contribution in [2.75, 3.05) is 25.4 Å². The molecule has 2 aromatic carbocycles. The first-order valence-electron chi connectivity index (χ1n) is 9.78. The van der Waals surface area contributed by atoms with E-state index in [1.807, 2.05) is 24.3 Å². The van der Waals surface area contributed by atoms with Crippen molar-refractivity contribution in [3.05, 3.63) is 69.5 Å². The zero-order valence-corrected chi connectivity index (χ0v) is 18.5. The van der Waals surface area contributed by atoms with Gasteiger partial charge in [0.15, 0.2) is 0 Å². The van der Waals surface area contributed by atoms with Gasteiger partial charge in [-0.25, -0.2) is 4.39 Å². The van der Waals surface area contributed by atoms with Gasteiger partial charge in [0, 0.05) is 36.7 Å². The van der Waals surface area contributed by atoms with Gasteiger partial charge >= 0.3 is 0 Å². The normalized spacial score (nSPS) is 17.3. The number of likely N-dealkylation sites (tertiary alicyclic amines) is 1. The first-order valence-corrected chi connectivity index (χ1v) is 11.7. The van der Waals surface area contributed by atoms with Crippen LogP contribution in [0.1, 0.15) is 24.0 Å². The number of carbonyl (C=O) groups is 1. The third-order valence-corrected chi connectivity index (χ3v) is 6.80. The monoisotopic (exact) mass is 454 g/mol. The molecule has 1 heterocycles. The lowest BCUT2D eigenvalue weighted by Gasteiger charge is -2.32. The van der Waals surface area contributed by atoms with Crippen molar-refractivity contribution < 1.29 is 9.18 Å². The summed E-state index contributed by atoms with van der Waals surface area (Å²) in [4.78, 5) is 14.7. The van der Waals surface area contributed by atoms with Gasteiger partial charge in [0.2, 0.25) is 5.91 Å². The first-order chi connectivity index (χ1) is 14.0. The number of piperidine rings is 1. The van der Waals surface area contributed by atoms with Crippen LogP contribution in [0.4, 0.5) is 4.39 Å². The SMILES string of the molecule is O=C(NCCSCc1ccc(Cl)c(Cl)c1)C1CCCN(Cc2ccccc2F)C1. The quantitative estimate of drug-likeness (QED) is 0.542. The molecule has 0 aliphatic carbocycles. The highest BCUT2D eigenvalue weighted by atomic mass is 35.5. The highest BCUT2D eigenvalue weighted by Crippen LogP contribution is 2.24. The summed E-state index contributed by atoms with van der Waals surface area (Å²) >= 11 is 13.7. The second-order valence-electron chi connectivity index (χ2n) is 7.26. The second-order valence-corrected chi connectivity index (χ2v) is 9.18. The van der Waals surface area contributed by atoms with Crippen molar-refractivity contribution >= 4 is 40.9 Å². The van der Waals surface area contributed by atoms with E-state index in [1.165, 1.54) is 6.07 Å². The summed E-state index contributed by atoms with van der Waals surface area (Å²) in [6, 6.07) is 12.5. The number of rotatable bonds is 8. The molecule has 3 rings (SSSR count). The lowest BCUT2D eigenvalue weighted by molar-refractivity contribution is -0.126. The molecule has 29 heavy (non-hydrogen) atoms. The van der Waals surface area contributed by atoms with Gasteiger partial charge in [-0.05, 0) is 43.1 Å². The van der Waals surface area contributed by atoms with Crippen molar-refractivity contribution in [3.63, 3.8) is 0 Å². The van der Waals surface area contributed by atoms with E-state index < -0.39 is 0 Å². The van der Waals surface area contributed by atoms with E-state index in [0.29, 0.717) is 35.2 Å². The molecule has 156 valence electrons. The van der Waals surface area contributed by atoms with Crippen LogP contribution in [0.5, 0.6) is 0 Å².